The predicted molar refractivity (Wildman–Crippen MR) is 48.3 cm³/mol. The molecule has 0 aliphatic rings. The van der Waals surface area contributed by atoms with Crippen LogP contribution >= 0.6 is 0 Å². The zero-order chi connectivity index (χ0) is 9.26. The molecule has 0 atom stereocenters. The van der Waals surface area contributed by atoms with E-state index in [0.717, 1.165) is 17.2 Å². The Balaban J connectivity index is 2.33. The monoisotopic (exact) mass is 177 g/mol. The third-order valence-electron chi connectivity index (χ3n) is 1.87. The van der Waals surface area contributed by atoms with Gasteiger partial charge in [0.15, 0.2) is 5.76 Å². The number of hydrogen-bond acceptors (Lipinski definition) is 3. The lowest BCUT2D eigenvalue weighted by Gasteiger charge is -1.93. The molecule has 0 saturated heterocycles. The molecule has 0 radical (unpaired) electrons. The van der Waals surface area contributed by atoms with Crippen molar-refractivity contribution in [3.63, 3.8) is 0 Å². The van der Waals surface area contributed by atoms with E-state index in [9.17, 15) is 0 Å². The summed E-state index contributed by atoms with van der Waals surface area (Å²) < 4.78 is 10.3. The average Bonchev–Trinajstić information content (AvgIpc) is 2.75. The Bertz CT molecular complexity index is 373. The zero-order valence-electron chi connectivity index (χ0n) is 7.65. The fourth-order valence-electron chi connectivity index (χ4n) is 1.10. The Kier molecular flexibility index (Phi) is 1.93. The van der Waals surface area contributed by atoms with Gasteiger partial charge < -0.3 is 8.94 Å². The summed E-state index contributed by atoms with van der Waals surface area (Å²) >= 11 is 0. The summed E-state index contributed by atoms with van der Waals surface area (Å²) in [6.07, 6.45) is 1.62. The van der Waals surface area contributed by atoms with Crippen molar-refractivity contribution in [1.29, 1.82) is 0 Å². The summed E-state index contributed by atoms with van der Waals surface area (Å²) in [7, 11) is 0. The van der Waals surface area contributed by atoms with Gasteiger partial charge in [0.05, 0.1) is 6.26 Å². The van der Waals surface area contributed by atoms with Crippen LogP contribution in [0.1, 0.15) is 25.5 Å². The van der Waals surface area contributed by atoms with Gasteiger partial charge in [-0.1, -0.05) is 19.0 Å². The van der Waals surface area contributed by atoms with Gasteiger partial charge >= 0.3 is 0 Å². The molecule has 0 aromatic carbocycles. The Hall–Kier alpha value is -1.51. The zero-order valence-corrected chi connectivity index (χ0v) is 7.65. The number of furan rings is 1. The third-order valence-corrected chi connectivity index (χ3v) is 1.87. The quantitative estimate of drug-likeness (QED) is 0.707. The molecular formula is C10H11NO2. The van der Waals surface area contributed by atoms with Crippen LogP contribution in [0.2, 0.25) is 0 Å². The van der Waals surface area contributed by atoms with Crippen molar-refractivity contribution >= 4 is 0 Å². The van der Waals surface area contributed by atoms with Gasteiger partial charge in [-0.15, -0.1) is 0 Å². The number of aromatic nitrogens is 1. The maximum Gasteiger partial charge on any atom is 0.155 e. The van der Waals surface area contributed by atoms with Gasteiger partial charge in [0.1, 0.15) is 11.5 Å². The lowest BCUT2D eigenvalue weighted by Crippen LogP contribution is -1.80. The summed E-state index contributed by atoms with van der Waals surface area (Å²) in [6.45, 7) is 4.12. The van der Waals surface area contributed by atoms with Gasteiger partial charge in [0.2, 0.25) is 0 Å². The van der Waals surface area contributed by atoms with Crippen LogP contribution in [0.5, 0.6) is 0 Å². The lowest BCUT2D eigenvalue weighted by atomic mass is 10.1. The molecule has 0 aliphatic carbocycles. The second kappa shape index (κ2) is 3.09. The van der Waals surface area contributed by atoms with Crippen molar-refractivity contribution in [1.82, 2.24) is 5.16 Å². The van der Waals surface area contributed by atoms with E-state index in [0.29, 0.717) is 5.92 Å². The molecule has 0 amide bonds. The van der Waals surface area contributed by atoms with Crippen LogP contribution in [0.15, 0.2) is 33.4 Å². The Morgan fingerprint density at radius 3 is 2.77 bits per heavy atom. The number of nitrogens with zero attached hydrogens (tertiary/aromatic N) is 1. The summed E-state index contributed by atoms with van der Waals surface area (Å²) in [4.78, 5) is 0. The molecule has 2 aromatic heterocycles. The molecule has 0 aliphatic heterocycles. The van der Waals surface area contributed by atoms with E-state index in [2.05, 4.69) is 19.0 Å². The highest BCUT2D eigenvalue weighted by Gasteiger charge is 2.10. The van der Waals surface area contributed by atoms with Crippen molar-refractivity contribution in [3.05, 3.63) is 30.2 Å². The van der Waals surface area contributed by atoms with E-state index in [1.807, 2.05) is 18.2 Å². The number of hydrogen-bond donors (Lipinski definition) is 0. The maximum atomic E-state index is 5.19. The second-order valence-electron chi connectivity index (χ2n) is 3.25. The third kappa shape index (κ3) is 1.49. The summed E-state index contributed by atoms with van der Waals surface area (Å²) in [5.41, 5.74) is 0.758. The number of rotatable bonds is 2. The van der Waals surface area contributed by atoms with Crippen LogP contribution in [0.4, 0.5) is 0 Å². The molecule has 2 aromatic rings. The first-order valence-electron chi connectivity index (χ1n) is 4.28. The molecule has 0 saturated carbocycles. The first-order chi connectivity index (χ1) is 6.27. The van der Waals surface area contributed by atoms with Crippen LogP contribution in [-0.2, 0) is 0 Å². The van der Waals surface area contributed by atoms with E-state index in [4.69, 9.17) is 8.94 Å². The summed E-state index contributed by atoms with van der Waals surface area (Å²) in [5, 5.41) is 3.91. The van der Waals surface area contributed by atoms with Crippen molar-refractivity contribution in [2.24, 2.45) is 0 Å². The normalized spacial score (nSPS) is 11.0. The molecule has 3 heteroatoms. The van der Waals surface area contributed by atoms with Gasteiger partial charge in [-0.2, -0.15) is 0 Å². The topological polar surface area (TPSA) is 39.2 Å². The highest BCUT2D eigenvalue weighted by molar-refractivity contribution is 5.51. The molecule has 68 valence electrons. The molecule has 2 rings (SSSR count). The highest BCUT2D eigenvalue weighted by atomic mass is 16.5. The van der Waals surface area contributed by atoms with Gasteiger partial charge in [0, 0.05) is 12.0 Å². The van der Waals surface area contributed by atoms with E-state index in [1.165, 1.54) is 0 Å². The molecule has 0 N–H and O–H groups in total. The molecule has 0 spiro atoms. The first kappa shape index (κ1) is 8.10. The van der Waals surface area contributed by atoms with E-state index < -0.39 is 0 Å². The molecule has 2 heterocycles. The fraction of sp³-hybridized carbons (Fsp3) is 0.300. The van der Waals surface area contributed by atoms with E-state index in [-0.39, 0.29) is 0 Å². The molecular weight excluding hydrogens is 166 g/mol. The smallest absolute Gasteiger partial charge is 0.155 e. The summed E-state index contributed by atoms with van der Waals surface area (Å²) in [5.74, 6) is 1.98. The van der Waals surface area contributed by atoms with E-state index in [1.54, 1.807) is 6.26 Å². The standard InChI is InChI=1S/C10H11NO2/c1-7(2)10-6-8(11-13-10)9-4-3-5-12-9/h3-7H,1-2H3. The van der Waals surface area contributed by atoms with Gasteiger partial charge in [-0.25, -0.2) is 0 Å². The Morgan fingerprint density at radius 2 is 2.23 bits per heavy atom. The van der Waals surface area contributed by atoms with Crippen LogP contribution in [0, 0.1) is 0 Å². The molecule has 0 unspecified atom stereocenters. The highest BCUT2D eigenvalue weighted by Crippen LogP contribution is 2.23. The van der Waals surface area contributed by atoms with Crippen molar-refractivity contribution < 1.29 is 8.94 Å². The van der Waals surface area contributed by atoms with Gasteiger partial charge in [-0.3, -0.25) is 0 Å². The average molecular weight is 177 g/mol. The minimum Gasteiger partial charge on any atom is -0.463 e. The largest absolute Gasteiger partial charge is 0.463 e. The molecule has 13 heavy (non-hydrogen) atoms. The van der Waals surface area contributed by atoms with Crippen molar-refractivity contribution in [2.75, 3.05) is 0 Å². The van der Waals surface area contributed by atoms with Gasteiger partial charge in [0.25, 0.3) is 0 Å². The van der Waals surface area contributed by atoms with Crippen LogP contribution in [0.3, 0.4) is 0 Å². The van der Waals surface area contributed by atoms with Crippen LogP contribution in [-0.4, -0.2) is 5.16 Å². The molecule has 3 nitrogen and oxygen atoms in total. The van der Waals surface area contributed by atoms with Gasteiger partial charge in [-0.05, 0) is 12.1 Å². The minimum atomic E-state index is 0.358. The predicted octanol–water partition coefficient (Wildman–Crippen LogP) is 3.06. The fourth-order valence-corrected chi connectivity index (χ4v) is 1.10. The van der Waals surface area contributed by atoms with E-state index >= 15 is 0 Å². The van der Waals surface area contributed by atoms with Crippen LogP contribution in [0.25, 0.3) is 11.5 Å². The maximum absolute atomic E-state index is 5.19. The first-order valence-corrected chi connectivity index (χ1v) is 4.28. The molecule has 0 bridgehead atoms. The second-order valence-corrected chi connectivity index (χ2v) is 3.25. The minimum absolute atomic E-state index is 0.358. The lowest BCUT2D eigenvalue weighted by molar-refractivity contribution is 0.371. The molecule has 0 fully saturated rings. The SMILES string of the molecule is CC(C)c1cc(-c2ccco2)no1. The Morgan fingerprint density at radius 1 is 1.38 bits per heavy atom. The van der Waals surface area contributed by atoms with Crippen molar-refractivity contribution in [3.8, 4) is 11.5 Å². The Labute approximate surface area is 76.3 Å². The van der Waals surface area contributed by atoms with Crippen molar-refractivity contribution in [2.45, 2.75) is 19.8 Å². The summed E-state index contributed by atoms with van der Waals surface area (Å²) in [6, 6.07) is 5.60. The van der Waals surface area contributed by atoms with Crippen LogP contribution < -0.4 is 0 Å².